The number of nitrogens with one attached hydrogen (secondary N) is 2. The summed E-state index contributed by atoms with van der Waals surface area (Å²) in [7, 11) is 0. The molecular weight excluding hydrogens is 562 g/mol. The smallest absolute Gasteiger partial charge is 0.408 e. The highest BCUT2D eigenvalue weighted by Crippen LogP contribution is 2.31. The van der Waals surface area contributed by atoms with Crippen LogP contribution in [0.5, 0.6) is 0 Å². The average molecular weight is 614 g/mol. The summed E-state index contributed by atoms with van der Waals surface area (Å²) in [5, 5.41) is 6.31. The molecule has 0 radical (unpaired) electrons. The van der Waals surface area contributed by atoms with Crippen LogP contribution in [-0.2, 0) is 14.3 Å². The van der Waals surface area contributed by atoms with Gasteiger partial charge in [-0.15, -0.1) is 0 Å². The third-order valence-corrected chi connectivity index (χ3v) is 7.84. The van der Waals surface area contributed by atoms with Crippen molar-refractivity contribution in [1.29, 1.82) is 0 Å². The van der Waals surface area contributed by atoms with Gasteiger partial charge in [0.15, 0.2) is 0 Å². The molecule has 0 aliphatic rings. The number of anilines is 1. The van der Waals surface area contributed by atoms with Crippen LogP contribution in [0.2, 0.25) is 5.02 Å². The first-order valence-corrected chi connectivity index (χ1v) is 16.0. The minimum absolute atomic E-state index is 0.198. The number of alkyl carbamates (subject to hydrolysis) is 1. The molecule has 2 rings (SSSR count). The van der Waals surface area contributed by atoms with Gasteiger partial charge in [-0.2, -0.15) is 0 Å². The van der Waals surface area contributed by atoms with Gasteiger partial charge in [-0.1, -0.05) is 106 Å². The number of hydrogen-bond donors (Lipinski definition) is 2. The molecule has 2 aromatic rings. The van der Waals surface area contributed by atoms with Crippen molar-refractivity contribution in [1.82, 2.24) is 10.2 Å². The number of aryl methyl sites for hydroxylation is 3. The number of rotatable bonds is 14. The summed E-state index contributed by atoms with van der Waals surface area (Å²) in [6.45, 7) is 17.6. The molecule has 0 saturated heterocycles. The van der Waals surface area contributed by atoms with Gasteiger partial charge in [0.2, 0.25) is 5.91 Å². The van der Waals surface area contributed by atoms with Crippen LogP contribution in [0, 0.1) is 26.7 Å². The minimum atomic E-state index is -0.944. The van der Waals surface area contributed by atoms with Crippen LogP contribution in [0.3, 0.4) is 0 Å². The van der Waals surface area contributed by atoms with E-state index < -0.39 is 23.8 Å². The predicted molar refractivity (Wildman–Crippen MR) is 177 cm³/mol. The van der Waals surface area contributed by atoms with Gasteiger partial charge in [-0.25, -0.2) is 4.79 Å². The highest BCUT2D eigenvalue weighted by Gasteiger charge is 2.38. The Kier molecular flexibility index (Phi) is 14.0. The Bertz CT molecular complexity index is 1200. The zero-order valence-electron chi connectivity index (χ0n) is 27.6. The van der Waals surface area contributed by atoms with Gasteiger partial charge >= 0.3 is 6.09 Å². The number of para-hydroxylation sites is 1. The second-order valence-corrected chi connectivity index (χ2v) is 13.1. The molecule has 0 aliphatic heterocycles. The van der Waals surface area contributed by atoms with Crippen LogP contribution in [0.1, 0.15) is 108 Å². The Morgan fingerprint density at radius 3 is 2.14 bits per heavy atom. The molecule has 43 heavy (non-hydrogen) atoms. The van der Waals surface area contributed by atoms with Gasteiger partial charge in [0.1, 0.15) is 17.7 Å². The first-order valence-electron chi connectivity index (χ1n) is 15.6. The van der Waals surface area contributed by atoms with Crippen molar-refractivity contribution in [3.63, 3.8) is 0 Å². The van der Waals surface area contributed by atoms with Crippen molar-refractivity contribution in [3.05, 3.63) is 63.7 Å². The molecule has 0 saturated carbocycles. The topological polar surface area (TPSA) is 87.7 Å². The SMILES string of the molecule is CCCCCCCN(C(=O)C(NC(=O)OC(C)(C)C)C(C)CC)C(C(=O)Nc1c(C)cccc1Cl)c1cc(C)cc(C)c1. The molecule has 0 fully saturated rings. The number of hydrogen-bond acceptors (Lipinski definition) is 4. The molecule has 0 bridgehead atoms. The van der Waals surface area contributed by atoms with Crippen LogP contribution in [0.15, 0.2) is 36.4 Å². The standard InChI is InChI=1S/C35H52ClN3O4/c1-10-12-13-14-15-19-39(33(41)30(25(5)11-2)38-34(42)43-35(7,8)9)31(27-21-23(3)20-24(4)22-27)32(40)37-29-26(6)17-16-18-28(29)36/h16-18,20-22,25,30-31H,10-15,19H2,1-9H3,(H,37,40)(H,38,42). The lowest BCUT2D eigenvalue weighted by molar-refractivity contribution is -0.142. The van der Waals surface area contributed by atoms with Crippen molar-refractivity contribution >= 4 is 35.2 Å². The number of nitrogens with zero attached hydrogens (tertiary/aromatic N) is 1. The van der Waals surface area contributed by atoms with Gasteiger partial charge in [0, 0.05) is 6.54 Å². The number of unbranched alkanes of at least 4 members (excludes halogenated alkanes) is 4. The van der Waals surface area contributed by atoms with Gasteiger partial charge in [-0.05, 0) is 71.1 Å². The van der Waals surface area contributed by atoms with E-state index in [4.69, 9.17) is 16.3 Å². The number of halogens is 1. The predicted octanol–water partition coefficient (Wildman–Crippen LogP) is 8.68. The maximum Gasteiger partial charge on any atom is 0.408 e. The van der Waals surface area contributed by atoms with Crippen molar-refractivity contribution < 1.29 is 19.1 Å². The zero-order chi connectivity index (χ0) is 32.3. The molecule has 3 atom stereocenters. The van der Waals surface area contributed by atoms with Crippen molar-refractivity contribution in [2.45, 2.75) is 119 Å². The van der Waals surface area contributed by atoms with Crippen LogP contribution < -0.4 is 10.6 Å². The van der Waals surface area contributed by atoms with E-state index >= 15 is 0 Å². The first kappa shape index (κ1) is 36.1. The molecule has 3 unspecified atom stereocenters. The maximum atomic E-state index is 14.6. The number of carbonyl (C=O) groups excluding carboxylic acids is 3. The van der Waals surface area contributed by atoms with Crippen LogP contribution >= 0.6 is 11.6 Å². The summed E-state index contributed by atoms with van der Waals surface area (Å²) < 4.78 is 5.53. The molecule has 3 amide bonds. The largest absolute Gasteiger partial charge is 0.444 e. The second kappa shape index (κ2) is 16.7. The molecular formula is C35H52ClN3O4. The minimum Gasteiger partial charge on any atom is -0.444 e. The molecule has 0 aromatic heterocycles. The fraction of sp³-hybridized carbons (Fsp3) is 0.571. The van der Waals surface area contributed by atoms with Gasteiger partial charge < -0.3 is 20.3 Å². The lowest BCUT2D eigenvalue weighted by Gasteiger charge is -2.36. The fourth-order valence-corrected chi connectivity index (χ4v) is 5.44. The molecule has 2 aromatic carbocycles. The zero-order valence-corrected chi connectivity index (χ0v) is 28.4. The second-order valence-electron chi connectivity index (χ2n) is 12.7. The Labute approximate surface area is 264 Å². The number of benzene rings is 2. The Morgan fingerprint density at radius 1 is 0.953 bits per heavy atom. The lowest BCUT2D eigenvalue weighted by Crippen LogP contribution is -2.55. The van der Waals surface area contributed by atoms with E-state index in [1.807, 2.05) is 65.0 Å². The molecule has 8 heteroatoms. The van der Waals surface area contributed by atoms with Gasteiger partial charge in [0.25, 0.3) is 5.91 Å². The van der Waals surface area contributed by atoms with Crippen LogP contribution in [0.25, 0.3) is 0 Å². The van der Waals surface area contributed by atoms with Gasteiger partial charge in [0.05, 0.1) is 10.7 Å². The lowest BCUT2D eigenvalue weighted by atomic mass is 9.94. The van der Waals surface area contributed by atoms with Crippen LogP contribution in [-0.4, -0.2) is 41.0 Å². The summed E-state index contributed by atoms with van der Waals surface area (Å²) in [6.07, 6.45) is 4.90. The molecule has 2 N–H and O–H groups in total. The monoisotopic (exact) mass is 613 g/mol. The molecule has 0 heterocycles. The van der Waals surface area contributed by atoms with E-state index in [-0.39, 0.29) is 17.7 Å². The quantitative estimate of drug-likeness (QED) is 0.209. The van der Waals surface area contributed by atoms with Crippen molar-refractivity contribution in [2.75, 3.05) is 11.9 Å². The normalized spacial score (nSPS) is 13.5. The highest BCUT2D eigenvalue weighted by molar-refractivity contribution is 6.34. The maximum absolute atomic E-state index is 14.6. The fourth-order valence-electron chi connectivity index (χ4n) is 5.17. The van der Waals surface area contributed by atoms with E-state index in [9.17, 15) is 14.4 Å². The molecule has 0 aliphatic carbocycles. The van der Waals surface area contributed by atoms with E-state index in [0.717, 1.165) is 48.8 Å². The van der Waals surface area contributed by atoms with Crippen LogP contribution in [0.4, 0.5) is 10.5 Å². The molecule has 238 valence electrons. The van der Waals surface area contributed by atoms with E-state index in [1.165, 1.54) is 0 Å². The van der Waals surface area contributed by atoms with Crippen molar-refractivity contribution in [2.24, 2.45) is 5.92 Å². The number of carbonyl (C=O) groups is 3. The summed E-state index contributed by atoms with van der Waals surface area (Å²) in [6, 6.07) is 9.57. The van der Waals surface area contributed by atoms with E-state index in [0.29, 0.717) is 29.2 Å². The Hall–Kier alpha value is -3.06. The highest BCUT2D eigenvalue weighted by atomic mass is 35.5. The van der Waals surface area contributed by atoms with E-state index in [1.54, 1.807) is 31.7 Å². The van der Waals surface area contributed by atoms with E-state index in [2.05, 4.69) is 17.6 Å². The summed E-state index contributed by atoms with van der Waals surface area (Å²) in [5.74, 6) is -0.870. The molecule has 7 nitrogen and oxygen atoms in total. The van der Waals surface area contributed by atoms with Crippen molar-refractivity contribution in [3.8, 4) is 0 Å². The summed E-state index contributed by atoms with van der Waals surface area (Å²) in [5.41, 5.74) is 3.30. The Morgan fingerprint density at radius 2 is 1.58 bits per heavy atom. The third-order valence-electron chi connectivity index (χ3n) is 7.53. The third kappa shape index (κ3) is 11.2. The summed E-state index contributed by atoms with van der Waals surface area (Å²) in [4.78, 5) is 43.5. The summed E-state index contributed by atoms with van der Waals surface area (Å²) >= 11 is 6.51. The number of amides is 3. The number of ether oxygens (including phenoxy) is 1. The van der Waals surface area contributed by atoms with Gasteiger partial charge in [-0.3, -0.25) is 9.59 Å². The molecule has 0 spiro atoms. The first-order chi connectivity index (χ1) is 20.2. The average Bonchev–Trinajstić information content (AvgIpc) is 2.90. The Balaban J connectivity index is 2.64.